The minimum absolute atomic E-state index is 0. The van der Waals surface area contributed by atoms with Gasteiger partial charge in [-0.2, -0.15) is 0 Å². The Kier molecular flexibility index (Phi) is 5.54. The van der Waals surface area contributed by atoms with Crippen molar-refractivity contribution in [1.29, 1.82) is 0 Å². The van der Waals surface area contributed by atoms with Crippen LogP contribution in [-0.4, -0.2) is 36.5 Å². The van der Waals surface area contributed by atoms with Crippen LogP contribution in [0.2, 0.25) is 8.67 Å². The van der Waals surface area contributed by atoms with Crippen LogP contribution in [0.3, 0.4) is 0 Å². The molecule has 0 saturated carbocycles. The Morgan fingerprint density at radius 3 is 2.82 bits per heavy atom. The standard InChI is InChI=1S/C10H12Cl2N2OS.ClH/c1-6-5-14(3-2-13-6)10(15)7-4-8(11)16-9(7)12;/h4,6,13H,2-3,5H2,1H3;1H/t6-;/m0./s1. The molecule has 2 heterocycles. The number of amides is 1. The van der Waals surface area contributed by atoms with Crippen molar-refractivity contribution in [2.24, 2.45) is 0 Å². The van der Waals surface area contributed by atoms with Crippen molar-refractivity contribution in [2.75, 3.05) is 19.6 Å². The number of carbonyl (C=O) groups is 1. The Hall–Kier alpha value is -0.000000000000000167. The Morgan fingerprint density at radius 1 is 1.59 bits per heavy atom. The molecular formula is C10H13Cl3N2OS. The summed E-state index contributed by atoms with van der Waals surface area (Å²) in [6.45, 7) is 4.31. The Bertz CT molecular complexity index is 410. The van der Waals surface area contributed by atoms with Crippen LogP contribution in [0, 0.1) is 0 Å². The Labute approximate surface area is 120 Å². The second kappa shape index (κ2) is 6.25. The minimum atomic E-state index is -0.0264. The highest BCUT2D eigenvalue weighted by molar-refractivity contribution is 7.20. The first kappa shape index (κ1) is 15.1. The summed E-state index contributed by atoms with van der Waals surface area (Å²) in [4.78, 5) is 14.0. The number of rotatable bonds is 1. The summed E-state index contributed by atoms with van der Waals surface area (Å²) in [5.41, 5.74) is 0.519. The molecule has 0 aromatic carbocycles. The third kappa shape index (κ3) is 3.48. The second-order valence-corrected chi connectivity index (χ2v) is 6.13. The summed E-state index contributed by atoms with van der Waals surface area (Å²) in [7, 11) is 0. The van der Waals surface area contributed by atoms with Gasteiger partial charge in [0.25, 0.3) is 5.91 Å². The molecular weight excluding hydrogens is 303 g/mol. The van der Waals surface area contributed by atoms with Crippen LogP contribution in [0.4, 0.5) is 0 Å². The van der Waals surface area contributed by atoms with Crippen molar-refractivity contribution >= 4 is 52.9 Å². The van der Waals surface area contributed by atoms with E-state index in [4.69, 9.17) is 23.2 Å². The highest BCUT2D eigenvalue weighted by atomic mass is 35.5. The van der Waals surface area contributed by atoms with Crippen LogP contribution in [0.1, 0.15) is 17.3 Å². The number of halogens is 3. The molecule has 0 aliphatic carbocycles. The number of carbonyl (C=O) groups excluding carboxylic acids is 1. The van der Waals surface area contributed by atoms with Crippen LogP contribution in [0.25, 0.3) is 0 Å². The van der Waals surface area contributed by atoms with Crippen molar-refractivity contribution < 1.29 is 4.79 Å². The summed E-state index contributed by atoms with van der Waals surface area (Å²) in [5.74, 6) is -0.0264. The maximum absolute atomic E-state index is 12.1. The van der Waals surface area contributed by atoms with E-state index in [0.717, 1.165) is 6.54 Å². The van der Waals surface area contributed by atoms with Gasteiger partial charge in [0.15, 0.2) is 0 Å². The number of piperazine rings is 1. The predicted octanol–water partition coefficient (Wildman–Crippen LogP) is 2.91. The molecule has 0 bridgehead atoms. The minimum Gasteiger partial charge on any atom is -0.336 e. The van der Waals surface area contributed by atoms with Gasteiger partial charge in [0, 0.05) is 25.7 Å². The van der Waals surface area contributed by atoms with E-state index in [1.54, 1.807) is 6.07 Å². The fourth-order valence-electron chi connectivity index (χ4n) is 1.77. The fraction of sp³-hybridized carbons (Fsp3) is 0.500. The molecule has 1 N–H and O–H groups in total. The molecule has 1 aromatic rings. The van der Waals surface area contributed by atoms with Crippen molar-refractivity contribution in [3.63, 3.8) is 0 Å². The van der Waals surface area contributed by atoms with Crippen LogP contribution >= 0.6 is 46.9 Å². The number of nitrogens with zero attached hydrogens (tertiary/aromatic N) is 1. The first-order valence-corrected chi connectivity index (χ1v) is 6.62. The molecule has 2 rings (SSSR count). The number of hydrogen-bond acceptors (Lipinski definition) is 3. The summed E-state index contributed by atoms with van der Waals surface area (Å²) >= 11 is 13.0. The zero-order valence-corrected chi connectivity index (χ0v) is 12.3. The molecule has 7 heteroatoms. The third-order valence-electron chi connectivity index (χ3n) is 2.54. The van der Waals surface area contributed by atoms with Crippen molar-refractivity contribution in [3.8, 4) is 0 Å². The monoisotopic (exact) mass is 314 g/mol. The molecule has 1 aliphatic rings. The molecule has 1 atom stereocenters. The first-order chi connectivity index (χ1) is 7.58. The smallest absolute Gasteiger partial charge is 0.256 e. The van der Waals surface area contributed by atoms with Gasteiger partial charge in [0.2, 0.25) is 0 Å². The Morgan fingerprint density at radius 2 is 2.29 bits per heavy atom. The van der Waals surface area contributed by atoms with E-state index in [-0.39, 0.29) is 18.3 Å². The molecule has 1 fully saturated rings. The lowest BCUT2D eigenvalue weighted by atomic mass is 10.2. The van der Waals surface area contributed by atoms with Gasteiger partial charge in [0.1, 0.15) is 4.34 Å². The largest absolute Gasteiger partial charge is 0.336 e. The lowest BCUT2D eigenvalue weighted by molar-refractivity contribution is 0.0710. The fourth-order valence-corrected chi connectivity index (χ4v) is 3.22. The summed E-state index contributed by atoms with van der Waals surface area (Å²) in [6.07, 6.45) is 0. The first-order valence-electron chi connectivity index (χ1n) is 5.05. The molecule has 17 heavy (non-hydrogen) atoms. The van der Waals surface area contributed by atoms with Crippen LogP contribution in [0.15, 0.2) is 6.07 Å². The van der Waals surface area contributed by atoms with Crippen molar-refractivity contribution in [1.82, 2.24) is 10.2 Å². The zero-order chi connectivity index (χ0) is 11.7. The van der Waals surface area contributed by atoms with E-state index in [2.05, 4.69) is 12.2 Å². The second-order valence-electron chi connectivity index (χ2n) is 3.84. The van der Waals surface area contributed by atoms with Crippen LogP contribution in [-0.2, 0) is 0 Å². The average molecular weight is 316 g/mol. The van der Waals surface area contributed by atoms with Crippen LogP contribution in [0.5, 0.6) is 0 Å². The SMILES string of the molecule is C[C@H]1CN(C(=O)c2cc(Cl)sc2Cl)CCN1.Cl. The maximum atomic E-state index is 12.1. The van der Waals surface area contributed by atoms with Gasteiger partial charge in [-0.15, -0.1) is 23.7 Å². The molecule has 1 amide bonds. The zero-order valence-electron chi connectivity index (χ0n) is 9.20. The van der Waals surface area contributed by atoms with Gasteiger partial charge in [0.05, 0.1) is 9.90 Å². The molecule has 1 saturated heterocycles. The number of nitrogens with one attached hydrogen (secondary N) is 1. The highest BCUT2D eigenvalue weighted by Crippen LogP contribution is 2.32. The highest BCUT2D eigenvalue weighted by Gasteiger charge is 2.24. The molecule has 96 valence electrons. The van der Waals surface area contributed by atoms with Gasteiger partial charge < -0.3 is 10.2 Å². The van der Waals surface area contributed by atoms with E-state index in [9.17, 15) is 4.79 Å². The predicted molar refractivity (Wildman–Crippen MR) is 75.0 cm³/mol. The average Bonchev–Trinajstić information content (AvgIpc) is 2.57. The molecule has 0 spiro atoms. The summed E-state index contributed by atoms with van der Waals surface area (Å²) in [5, 5.41) is 3.29. The van der Waals surface area contributed by atoms with E-state index < -0.39 is 0 Å². The van der Waals surface area contributed by atoms with Gasteiger partial charge in [-0.05, 0) is 13.0 Å². The van der Waals surface area contributed by atoms with Gasteiger partial charge in [-0.25, -0.2) is 0 Å². The van der Waals surface area contributed by atoms with E-state index in [1.807, 2.05) is 4.90 Å². The van der Waals surface area contributed by atoms with E-state index in [1.165, 1.54) is 11.3 Å². The van der Waals surface area contributed by atoms with Crippen molar-refractivity contribution in [2.45, 2.75) is 13.0 Å². The Balaban J connectivity index is 0.00000144. The molecule has 1 aromatic heterocycles. The van der Waals surface area contributed by atoms with Crippen molar-refractivity contribution in [3.05, 3.63) is 20.3 Å². The quantitative estimate of drug-likeness (QED) is 0.864. The van der Waals surface area contributed by atoms with Crippen LogP contribution < -0.4 is 5.32 Å². The van der Waals surface area contributed by atoms with E-state index in [0.29, 0.717) is 33.4 Å². The summed E-state index contributed by atoms with van der Waals surface area (Å²) in [6, 6.07) is 1.97. The normalized spacial score (nSPS) is 19.9. The molecule has 1 aliphatic heterocycles. The topological polar surface area (TPSA) is 32.3 Å². The maximum Gasteiger partial charge on any atom is 0.256 e. The third-order valence-corrected chi connectivity index (χ3v) is 4.03. The molecule has 3 nitrogen and oxygen atoms in total. The lowest BCUT2D eigenvalue weighted by Crippen LogP contribution is -2.51. The van der Waals surface area contributed by atoms with Gasteiger partial charge in [-0.1, -0.05) is 23.2 Å². The molecule has 0 unspecified atom stereocenters. The number of thiophene rings is 1. The van der Waals surface area contributed by atoms with Gasteiger partial charge >= 0.3 is 0 Å². The summed E-state index contributed by atoms with van der Waals surface area (Å²) < 4.78 is 1.03. The lowest BCUT2D eigenvalue weighted by Gasteiger charge is -2.31. The van der Waals surface area contributed by atoms with E-state index >= 15 is 0 Å². The number of hydrogen-bond donors (Lipinski definition) is 1. The molecule has 0 radical (unpaired) electrons. The van der Waals surface area contributed by atoms with Gasteiger partial charge in [-0.3, -0.25) is 4.79 Å².